The molecule has 0 saturated carbocycles. The fraction of sp³-hybridized carbons (Fsp3) is 0.0526. The van der Waals surface area contributed by atoms with Crippen LogP contribution in [0.1, 0.15) is 0 Å². The second-order valence-corrected chi connectivity index (χ2v) is 7.82. The lowest BCUT2D eigenvalue weighted by Crippen LogP contribution is -2.30. The minimum absolute atomic E-state index is 0.788. The summed E-state index contributed by atoms with van der Waals surface area (Å²) >= 11 is 0. The van der Waals surface area contributed by atoms with Crippen LogP contribution >= 0.6 is 7.49 Å². The van der Waals surface area contributed by atoms with Crippen molar-refractivity contribution in [2.24, 2.45) is 0 Å². The summed E-state index contributed by atoms with van der Waals surface area (Å²) in [4.78, 5) is 11.7. The second-order valence-electron chi connectivity index (χ2n) is 5.00. The third-order valence-electron chi connectivity index (χ3n) is 3.71. The molecule has 1 N–H and O–H groups in total. The maximum atomic E-state index is 11.7. The van der Waals surface area contributed by atoms with Gasteiger partial charge >= 0.3 is 0 Å². The van der Waals surface area contributed by atoms with Gasteiger partial charge in [-0.05, 0) is 48.5 Å². The summed E-state index contributed by atoms with van der Waals surface area (Å²) in [6.07, 6.45) is 0. The molecule has 0 radical (unpaired) electrons. The van der Waals surface area contributed by atoms with Crippen molar-refractivity contribution in [3.8, 4) is 5.75 Å². The van der Waals surface area contributed by atoms with Crippen LogP contribution in [0.15, 0.2) is 84.9 Å². The Balaban J connectivity index is 2.18. The van der Waals surface area contributed by atoms with E-state index in [2.05, 4.69) is 0 Å². The van der Waals surface area contributed by atoms with Crippen molar-refractivity contribution < 1.29 is 9.63 Å². The number of methoxy groups -OCH3 is 1. The van der Waals surface area contributed by atoms with Crippen molar-refractivity contribution in [2.75, 3.05) is 7.11 Å². The van der Waals surface area contributed by atoms with Crippen molar-refractivity contribution in [3.63, 3.8) is 0 Å². The number of rotatable bonds is 4. The predicted octanol–water partition coefficient (Wildman–Crippen LogP) is 2.90. The zero-order valence-electron chi connectivity index (χ0n) is 12.4. The van der Waals surface area contributed by atoms with E-state index in [4.69, 9.17) is 4.74 Å². The van der Waals surface area contributed by atoms with Crippen LogP contribution in [0.5, 0.6) is 5.75 Å². The SMILES string of the molecule is COc1ccc([P+](O)(c2ccccc2)c2ccccc2)cc1. The lowest BCUT2D eigenvalue weighted by Gasteiger charge is -2.20. The quantitative estimate of drug-likeness (QED) is 0.751. The molecule has 0 spiro atoms. The van der Waals surface area contributed by atoms with Crippen LogP contribution in [0.3, 0.4) is 0 Å². The molecule has 3 rings (SSSR count). The Morgan fingerprint density at radius 2 is 1.05 bits per heavy atom. The smallest absolute Gasteiger partial charge is 0.238 e. The fourth-order valence-electron chi connectivity index (χ4n) is 2.53. The molecule has 0 unspecified atom stereocenters. The van der Waals surface area contributed by atoms with Gasteiger partial charge in [0.2, 0.25) is 7.49 Å². The molecule has 2 nitrogen and oxygen atoms in total. The Morgan fingerprint density at radius 3 is 1.45 bits per heavy atom. The predicted molar refractivity (Wildman–Crippen MR) is 93.9 cm³/mol. The summed E-state index contributed by atoms with van der Waals surface area (Å²) < 4.78 is 5.22. The molecule has 3 heteroatoms. The summed E-state index contributed by atoms with van der Waals surface area (Å²) in [5.74, 6) is 0.788. The average molecular weight is 309 g/mol. The lowest BCUT2D eigenvalue weighted by atomic mass is 10.3. The highest BCUT2D eigenvalue weighted by Gasteiger charge is 2.44. The zero-order chi connectivity index (χ0) is 15.4. The Kier molecular flexibility index (Phi) is 4.24. The maximum Gasteiger partial charge on any atom is 0.238 e. The van der Waals surface area contributed by atoms with Crippen LogP contribution in [-0.4, -0.2) is 12.0 Å². The van der Waals surface area contributed by atoms with E-state index in [0.717, 1.165) is 21.7 Å². The van der Waals surface area contributed by atoms with Crippen molar-refractivity contribution in [2.45, 2.75) is 0 Å². The minimum atomic E-state index is -2.61. The van der Waals surface area contributed by atoms with Gasteiger partial charge in [0.25, 0.3) is 0 Å². The molecule has 0 aromatic heterocycles. The molecule has 0 aliphatic rings. The normalized spacial score (nSPS) is 11.2. The van der Waals surface area contributed by atoms with E-state index in [1.165, 1.54) is 0 Å². The maximum absolute atomic E-state index is 11.7. The van der Waals surface area contributed by atoms with E-state index in [-0.39, 0.29) is 0 Å². The van der Waals surface area contributed by atoms with Crippen molar-refractivity contribution in [1.82, 2.24) is 0 Å². The van der Waals surface area contributed by atoms with Crippen LogP contribution in [0, 0.1) is 0 Å². The van der Waals surface area contributed by atoms with Gasteiger partial charge in [-0.25, -0.2) is 4.89 Å². The highest BCUT2D eigenvalue weighted by molar-refractivity contribution is 7.91. The van der Waals surface area contributed by atoms with Gasteiger partial charge in [0.05, 0.1) is 7.11 Å². The van der Waals surface area contributed by atoms with Gasteiger partial charge in [-0.1, -0.05) is 36.4 Å². The van der Waals surface area contributed by atoms with E-state index >= 15 is 0 Å². The molecule has 0 bridgehead atoms. The summed E-state index contributed by atoms with van der Waals surface area (Å²) in [5, 5.41) is 2.82. The molecule has 0 heterocycles. The molecule has 110 valence electrons. The van der Waals surface area contributed by atoms with Crippen molar-refractivity contribution in [1.29, 1.82) is 0 Å². The topological polar surface area (TPSA) is 29.5 Å². The molecule has 3 aromatic carbocycles. The number of benzene rings is 3. The Bertz CT molecular complexity index is 685. The largest absolute Gasteiger partial charge is 0.497 e. The Morgan fingerprint density at radius 1 is 0.636 bits per heavy atom. The van der Waals surface area contributed by atoms with Gasteiger partial charge in [-0.15, -0.1) is 0 Å². The summed E-state index contributed by atoms with van der Waals surface area (Å²) in [7, 11) is -0.969. The van der Waals surface area contributed by atoms with Crippen molar-refractivity contribution >= 4 is 23.4 Å². The van der Waals surface area contributed by atoms with Crippen LogP contribution in [0.25, 0.3) is 0 Å². The van der Waals surface area contributed by atoms with E-state index in [9.17, 15) is 4.89 Å². The van der Waals surface area contributed by atoms with Gasteiger partial charge in [0.15, 0.2) is 0 Å². The van der Waals surface area contributed by atoms with Gasteiger partial charge in [-0.3, -0.25) is 0 Å². The lowest BCUT2D eigenvalue weighted by molar-refractivity contribution is 0.415. The molecule has 0 aliphatic carbocycles. The van der Waals surface area contributed by atoms with Gasteiger partial charge < -0.3 is 4.74 Å². The molecule has 3 aromatic rings. The van der Waals surface area contributed by atoms with Gasteiger partial charge in [0.1, 0.15) is 21.7 Å². The summed E-state index contributed by atoms with van der Waals surface area (Å²) in [5.41, 5.74) is 0. The molecule has 0 saturated heterocycles. The molecule has 22 heavy (non-hydrogen) atoms. The van der Waals surface area contributed by atoms with E-state index in [1.54, 1.807) is 7.11 Å². The average Bonchev–Trinajstić information content (AvgIpc) is 2.62. The zero-order valence-corrected chi connectivity index (χ0v) is 13.3. The third-order valence-corrected chi connectivity index (χ3v) is 6.84. The fourth-order valence-corrected chi connectivity index (χ4v) is 5.21. The first-order valence-electron chi connectivity index (χ1n) is 7.13. The molecule has 0 fully saturated rings. The third kappa shape index (κ3) is 2.64. The molecule has 0 aliphatic heterocycles. The standard InChI is InChI=1S/C19H18O2P/c1-21-16-12-14-19(15-13-16)22(20,17-8-4-2-5-9-17)18-10-6-3-7-11-18/h2-15,20H,1H3/q+1. The van der Waals surface area contributed by atoms with Crippen LogP contribution in [0.2, 0.25) is 0 Å². The number of hydrogen-bond donors (Lipinski definition) is 1. The van der Waals surface area contributed by atoms with Gasteiger partial charge in [0, 0.05) is 0 Å². The Labute approximate surface area is 131 Å². The van der Waals surface area contributed by atoms with Crippen LogP contribution < -0.4 is 20.7 Å². The first-order chi connectivity index (χ1) is 10.7. The van der Waals surface area contributed by atoms with Crippen LogP contribution in [0.4, 0.5) is 0 Å². The van der Waals surface area contributed by atoms with Gasteiger partial charge in [-0.2, -0.15) is 0 Å². The molecular weight excluding hydrogens is 291 g/mol. The van der Waals surface area contributed by atoms with Crippen molar-refractivity contribution in [3.05, 3.63) is 84.9 Å². The number of ether oxygens (including phenoxy) is 1. The molecule has 0 amide bonds. The van der Waals surface area contributed by atoms with E-state index in [1.807, 2.05) is 84.9 Å². The molecule has 0 atom stereocenters. The van der Waals surface area contributed by atoms with Crippen LogP contribution in [-0.2, 0) is 0 Å². The van der Waals surface area contributed by atoms with E-state index in [0.29, 0.717) is 0 Å². The first kappa shape index (κ1) is 14.8. The monoisotopic (exact) mass is 309 g/mol. The summed E-state index contributed by atoms with van der Waals surface area (Å²) in [6.45, 7) is 0. The number of hydrogen-bond acceptors (Lipinski definition) is 2. The highest BCUT2D eigenvalue weighted by Crippen LogP contribution is 2.50. The Hall–Kier alpha value is -2.15. The summed E-state index contributed by atoms with van der Waals surface area (Å²) in [6, 6.07) is 27.4. The second kappa shape index (κ2) is 6.31. The highest BCUT2D eigenvalue weighted by atomic mass is 31.2. The molecular formula is C19H18O2P+. The minimum Gasteiger partial charge on any atom is -0.497 e. The first-order valence-corrected chi connectivity index (χ1v) is 8.87. The van der Waals surface area contributed by atoms with E-state index < -0.39 is 7.49 Å².